The van der Waals surface area contributed by atoms with Crippen LogP contribution in [0.5, 0.6) is 0 Å². The molecule has 6 nitrogen and oxygen atoms in total. The van der Waals surface area contributed by atoms with E-state index in [-0.39, 0.29) is 11.3 Å². The first-order valence-electron chi connectivity index (χ1n) is 5.65. The molecule has 0 aliphatic carbocycles. The van der Waals surface area contributed by atoms with Gasteiger partial charge in [0, 0.05) is 12.6 Å². The fraction of sp³-hybridized carbons (Fsp3) is 0.333. The summed E-state index contributed by atoms with van der Waals surface area (Å²) >= 11 is 0. The van der Waals surface area contributed by atoms with E-state index >= 15 is 0 Å². The second kappa shape index (κ2) is 4.95. The molecular formula is C12H12N2O4. The van der Waals surface area contributed by atoms with Crippen molar-refractivity contribution in [1.82, 2.24) is 4.90 Å². The maximum Gasteiger partial charge on any atom is 0.282 e. The zero-order chi connectivity index (χ0) is 13.1. The lowest BCUT2D eigenvalue weighted by Crippen LogP contribution is -2.36. The summed E-state index contributed by atoms with van der Waals surface area (Å²) in [5.74, 6) is -0.447. The number of nitro benzene ring substituents is 1. The molecule has 0 spiro atoms. The van der Waals surface area contributed by atoms with E-state index in [0.717, 1.165) is 12.7 Å². The summed E-state index contributed by atoms with van der Waals surface area (Å²) in [6.45, 7) is 0.467. The van der Waals surface area contributed by atoms with Gasteiger partial charge in [0.1, 0.15) is 11.8 Å². The Kier molecular flexibility index (Phi) is 3.36. The molecule has 0 bridgehead atoms. The van der Waals surface area contributed by atoms with Crippen LogP contribution in [0.4, 0.5) is 5.69 Å². The van der Waals surface area contributed by atoms with Crippen molar-refractivity contribution in [2.75, 3.05) is 6.54 Å². The molecule has 6 heteroatoms. The highest BCUT2D eigenvalue weighted by molar-refractivity contribution is 5.99. The van der Waals surface area contributed by atoms with Gasteiger partial charge in [-0.25, -0.2) is 0 Å². The van der Waals surface area contributed by atoms with Gasteiger partial charge in [0.15, 0.2) is 0 Å². The maximum absolute atomic E-state index is 12.2. The Labute approximate surface area is 103 Å². The first kappa shape index (κ1) is 12.2. The van der Waals surface area contributed by atoms with Crippen LogP contribution >= 0.6 is 0 Å². The quantitative estimate of drug-likeness (QED) is 0.460. The zero-order valence-electron chi connectivity index (χ0n) is 9.61. The van der Waals surface area contributed by atoms with Crippen LogP contribution in [0.1, 0.15) is 23.2 Å². The van der Waals surface area contributed by atoms with Crippen molar-refractivity contribution >= 4 is 17.9 Å². The third kappa shape index (κ3) is 2.09. The van der Waals surface area contributed by atoms with Gasteiger partial charge in [0.2, 0.25) is 0 Å². The molecule has 2 rings (SSSR count). The van der Waals surface area contributed by atoms with Crippen molar-refractivity contribution < 1.29 is 14.5 Å². The van der Waals surface area contributed by atoms with Crippen LogP contribution in [0.15, 0.2) is 24.3 Å². The summed E-state index contributed by atoms with van der Waals surface area (Å²) < 4.78 is 0. The summed E-state index contributed by atoms with van der Waals surface area (Å²) in [7, 11) is 0. The summed E-state index contributed by atoms with van der Waals surface area (Å²) in [5, 5.41) is 10.9. The predicted octanol–water partition coefficient (Wildman–Crippen LogP) is 1.40. The van der Waals surface area contributed by atoms with Gasteiger partial charge in [-0.2, -0.15) is 0 Å². The van der Waals surface area contributed by atoms with Crippen molar-refractivity contribution in [3.63, 3.8) is 0 Å². The number of rotatable bonds is 3. The third-order valence-corrected chi connectivity index (χ3v) is 3.05. The van der Waals surface area contributed by atoms with Gasteiger partial charge in [0.25, 0.3) is 11.6 Å². The van der Waals surface area contributed by atoms with Crippen molar-refractivity contribution in [2.45, 2.75) is 18.9 Å². The molecular weight excluding hydrogens is 236 g/mol. The smallest absolute Gasteiger partial charge is 0.282 e. The van der Waals surface area contributed by atoms with Crippen molar-refractivity contribution in [3.8, 4) is 0 Å². The fourth-order valence-electron chi connectivity index (χ4n) is 2.15. The Bertz CT molecular complexity index is 501. The molecule has 1 saturated heterocycles. The predicted molar refractivity (Wildman–Crippen MR) is 63.2 cm³/mol. The molecule has 1 atom stereocenters. The number of amides is 1. The largest absolute Gasteiger partial charge is 0.329 e. The Morgan fingerprint density at radius 3 is 2.83 bits per heavy atom. The van der Waals surface area contributed by atoms with Crippen LogP contribution < -0.4 is 0 Å². The average molecular weight is 248 g/mol. The summed E-state index contributed by atoms with van der Waals surface area (Å²) in [6, 6.07) is 5.33. The number of nitrogens with zero attached hydrogens (tertiary/aromatic N) is 2. The highest BCUT2D eigenvalue weighted by atomic mass is 16.6. The van der Waals surface area contributed by atoms with Crippen molar-refractivity contribution in [1.29, 1.82) is 0 Å². The molecule has 1 aliphatic heterocycles. The van der Waals surface area contributed by atoms with Gasteiger partial charge in [0.05, 0.1) is 11.0 Å². The number of carbonyl (C=O) groups is 2. The Balaban J connectivity index is 2.34. The molecule has 0 radical (unpaired) electrons. The zero-order valence-corrected chi connectivity index (χ0v) is 9.61. The average Bonchev–Trinajstić information content (AvgIpc) is 2.86. The van der Waals surface area contributed by atoms with Crippen LogP contribution in [-0.2, 0) is 4.79 Å². The number of hydrogen-bond donors (Lipinski definition) is 0. The van der Waals surface area contributed by atoms with Crippen LogP contribution in [0, 0.1) is 10.1 Å². The van der Waals surface area contributed by atoms with Crippen LogP contribution in [0.2, 0.25) is 0 Å². The molecule has 0 N–H and O–H groups in total. The third-order valence-electron chi connectivity index (χ3n) is 3.05. The van der Waals surface area contributed by atoms with E-state index < -0.39 is 16.9 Å². The Hall–Kier alpha value is -2.24. The number of likely N-dealkylation sites (tertiary alicyclic amines) is 1. The van der Waals surface area contributed by atoms with Crippen LogP contribution in [-0.4, -0.2) is 34.6 Å². The van der Waals surface area contributed by atoms with E-state index in [9.17, 15) is 19.7 Å². The van der Waals surface area contributed by atoms with E-state index in [1.807, 2.05) is 0 Å². The molecule has 1 aromatic carbocycles. The Morgan fingerprint density at radius 2 is 2.17 bits per heavy atom. The van der Waals surface area contributed by atoms with Crippen molar-refractivity contribution in [2.24, 2.45) is 0 Å². The SMILES string of the molecule is O=C[C@@H]1CCCN1C(=O)c1ccccc1[N+](=O)[O-]. The molecule has 94 valence electrons. The minimum absolute atomic E-state index is 0.0382. The minimum Gasteiger partial charge on any atom is -0.329 e. The molecule has 0 aromatic heterocycles. The lowest BCUT2D eigenvalue weighted by Gasteiger charge is -2.20. The topological polar surface area (TPSA) is 80.5 Å². The number of aldehydes is 1. The lowest BCUT2D eigenvalue weighted by molar-refractivity contribution is -0.385. The standard InChI is InChI=1S/C12H12N2O4/c15-8-9-4-3-7-13(9)12(16)10-5-1-2-6-11(10)14(17)18/h1-2,5-6,8-9H,3-4,7H2/t9-/m0/s1. The summed E-state index contributed by atoms with van der Waals surface area (Å²) in [6.07, 6.45) is 2.09. The molecule has 1 heterocycles. The molecule has 1 fully saturated rings. The lowest BCUT2D eigenvalue weighted by atomic mass is 10.1. The number of nitro groups is 1. The van der Waals surface area contributed by atoms with Crippen molar-refractivity contribution in [3.05, 3.63) is 39.9 Å². The van der Waals surface area contributed by atoms with E-state index in [1.54, 1.807) is 6.07 Å². The van der Waals surface area contributed by atoms with E-state index in [1.165, 1.54) is 23.1 Å². The number of hydrogen-bond acceptors (Lipinski definition) is 4. The molecule has 1 aliphatic rings. The fourth-order valence-corrected chi connectivity index (χ4v) is 2.15. The number of carbonyl (C=O) groups excluding carboxylic acids is 2. The molecule has 18 heavy (non-hydrogen) atoms. The minimum atomic E-state index is -0.584. The highest BCUT2D eigenvalue weighted by Gasteiger charge is 2.32. The number of benzene rings is 1. The highest BCUT2D eigenvalue weighted by Crippen LogP contribution is 2.24. The van der Waals surface area contributed by atoms with Crippen LogP contribution in [0.3, 0.4) is 0 Å². The molecule has 1 aromatic rings. The normalized spacial score (nSPS) is 18.7. The van der Waals surface area contributed by atoms with E-state index in [0.29, 0.717) is 13.0 Å². The van der Waals surface area contributed by atoms with E-state index in [2.05, 4.69) is 0 Å². The monoisotopic (exact) mass is 248 g/mol. The van der Waals surface area contributed by atoms with Gasteiger partial charge in [-0.1, -0.05) is 12.1 Å². The second-order valence-electron chi connectivity index (χ2n) is 4.12. The second-order valence-corrected chi connectivity index (χ2v) is 4.12. The van der Waals surface area contributed by atoms with E-state index in [4.69, 9.17) is 0 Å². The summed E-state index contributed by atoms with van der Waals surface area (Å²) in [4.78, 5) is 34.7. The first-order chi connectivity index (χ1) is 8.65. The summed E-state index contributed by atoms with van der Waals surface area (Å²) in [5.41, 5.74) is -0.185. The maximum atomic E-state index is 12.2. The van der Waals surface area contributed by atoms with Gasteiger partial charge in [-0.3, -0.25) is 14.9 Å². The number of para-hydroxylation sites is 1. The van der Waals surface area contributed by atoms with Gasteiger partial charge >= 0.3 is 0 Å². The van der Waals surface area contributed by atoms with Crippen LogP contribution in [0.25, 0.3) is 0 Å². The molecule has 1 amide bonds. The first-order valence-corrected chi connectivity index (χ1v) is 5.65. The molecule has 0 unspecified atom stereocenters. The molecule has 0 saturated carbocycles. The Morgan fingerprint density at radius 1 is 1.44 bits per heavy atom. The van der Waals surface area contributed by atoms with Gasteiger partial charge in [-0.05, 0) is 18.9 Å². The van der Waals surface area contributed by atoms with Gasteiger partial charge < -0.3 is 9.69 Å². The van der Waals surface area contributed by atoms with Gasteiger partial charge in [-0.15, -0.1) is 0 Å².